The zero-order valence-corrected chi connectivity index (χ0v) is 12.2. The molecule has 1 unspecified atom stereocenters. The van der Waals surface area contributed by atoms with Crippen LogP contribution in [0.1, 0.15) is 18.4 Å². The van der Waals surface area contributed by atoms with Gasteiger partial charge in [0, 0.05) is 41.5 Å². The van der Waals surface area contributed by atoms with Crippen LogP contribution in [0.2, 0.25) is 0 Å². The average Bonchev–Trinajstić information content (AvgIpc) is 2.49. The van der Waals surface area contributed by atoms with Gasteiger partial charge in [0.15, 0.2) is 0 Å². The van der Waals surface area contributed by atoms with Crippen molar-refractivity contribution in [1.29, 1.82) is 0 Å². The van der Waals surface area contributed by atoms with Crippen molar-refractivity contribution in [2.24, 2.45) is 5.73 Å². The number of hydrogen-bond donors (Lipinski definition) is 2. The van der Waals surface area contributed by atoms with Crippen LogP contribution in [0.5, 0.6) is 0 Å². The molecule has 0 aliphatic carbocycles. The van der Waals surface area contributed by atoms with Crippen LogP contribution >= 0.6 is 0 Å². The van der Waals surface area contributed by atoms with Crippen molar-refractivity contribution in [3.8, 4) is 0 Å². The lowest BCUT2D eigenvalue weighted by atomic mass is 10.2. The number of nitrogens with one attached hydrogen (secondary N) is 1. The minimum Gasteiger partial charge on any atom is -0.381 e. The smallest absolute Gasteiger partial charge is 0.237 e. The number of benzene rings is 1. The third-order valence-corrected chi connectivity index (χ3v) is 5.05. The van der Waals surface area contributed by atoms with E-state index in [1.807, 2.05) is 12.1 Å². The highest BCUT2D eigenvalue weighted by molar-refractivity contribution is 7.86. The maximum absolute atomic E-state index is 12.1. The van der Waals surface area contributed by atoms with Crippen molar-refractivity contribution in [3.63, 3.8) is 0 Å². The van der Waals surface area contributed by atoms with Gasteiger partial charge in [-0.2, -0.15) is 0 Å². The topological polar surface area (TPSA) is 81.4 Å². The molecule has 1 atom stereocenters. The van der Waals surface area contributed by atoms with Gasteiger partial charge in [0.1, 0.15) is 5.75 Å². The van der Waals surface area contributed by atoms with Gasteiger partial charge >= 0.3 is 0 Å². The van der Waals surface area contributed by atoms with Gasteiger partial charge in [-0.1, -0.05) is 12.1 Å². The van der Waals surface area contributed by atoms with Crippen molar-refractivity contribution in [3.05, 3.63) is 29.8 Å². The lowest BCUT2D eigenvalue weighted by Gasteiger charge is -2.21. The normalized spacial score (nSPS) is 17.6. The maximum atomic E-state index is 12.1. The highest BCUT2D eigenvalue weighted by Gasteiger charge is 2.22. The van der Waals surface area contributed by atoms with Crippen molar-refractivity contribution < 1.29 is 13.7 Å². The molecular formula is C14H20N2O3S. The maximum Gasteiger partial charge on any atom is 0.237 e. The van der Waals surface area contributed by atoms with Crippen LogP contribution in [0.4, 0.5) is 5.69 Å². The van der Waals surface area contributed by atoms with E-state index in [0.717, 1.165) is 18.4 Å². The molecule has 0 spiro atoms. The Morgan fingerprint density at radius 3 is 2.55 bits per heavy atom. The Hall–Kier alpha value is -1.24. The first-order valence-electron chi connectivity index (χ1n) is 6.73. The molecule has 3 N–H and O–H groups in total. The number of anilines is 1. The molecule has 20 heavy (non-hydrogen) atoms. The highest BCUT2D eigenvalue weighted by atomic mass is 32.2. The molecule has 0 aromatic heterocycles. The third kappa shape index (κ3) is 4.40. The number of hydrogen-bond acceptors (Lipinski definition) is 4. The molecule has 5 nitrogen and oxygen atoms in total. The van der Waals surface area contributed by atoms with Crippen LogP contribution in [0.3, 0.4) is 0 Å². The molecule has 2 rings (SSSR count). The fourth-order valence-electron chi connectivity index (χ4n) is 2.11. The van der Waals surface area contributed by atoms with Crippen LogP contribution in [0.25, 0.3) is 0 Å². The molecule has 0 radical (unpaired) electrons. The van der Waals surface area contributed by atoms with E-state index in [2.05, 4.69) is 5.32 Å². The first-order valence-corrected chi connectivity index (χ1v) is 8.11. The minimum atomic E-state index is -1.13. The predicted octanol–water partition coefficient (Wildman–Crippen LogP) is 1.01. The van der Waals surface area contributed by atoms with Crippen LogP contribution in [-0.2, 0) is 26.9 Å². The van der Waals surface area contributed by atoms with Gasteiger partial charge in [0.25, 0.3) is 0 Å². The summed E-state index contributed by atoms with van der Waals surface area (Å²) in [5, 5.41) is 2.84. The molecule has 1 aliphatic heterocycles. The lowest BCUT2D eigenvalue weighted by molar-refractivity contribution is -0.113. The first kappa shape index (κ1) is 15.2. The second kappa shape index (κ2) is 7.52. The molecule has 1 aromatic carbocycles. The minimum absolute atomic E-state index is 0.0449. The Morgan fingerprint density at radius 2 is 1.95 bits per heavy atom. The summed E-state index contributed by atoms with van der Waals surface area (Å²) in [5.41, 5.74) is 7.22. The fraction of sp³-hybridized carbons (Fsp3) is 0.500. The summed E-state index contributed by atoms with van der Waals surface area (Å²) >= 11 is 0. The quantitative estimate of drug-likeness (QED) is 0.849. The van der Waals surface area contributed by atoms with E-state index in [1.54, 1.807) is 12.1 Å². The Bertz CT molecular complexity index is 470. The Balaban J connectivity index is 1.83. The number of carbonyl (C=O) groups excluding carboxylic acids is 1. The van der Waals surface area contributed by atoms with E-state index in [-0.39, 0.29) is 16.9 Å². The molecule has 6 heteroatoms. The summed E-state index contributed by atoms with van der Waals surface area (Å²) in [6.07, 6.45) is 1.54. The SMILES string of the molecule is NCc1ccc(NC(=O)CS(=O)C2CCOCC2)cc1. The van der Waals surface area contributed by atoms with Gasteiger partial charge in [0.2, 0.25) is 5.91 Å². The number of amides is 1. The van der Waals surface area contributed by atoms with E-state index in [1.165, 1.54) is 0 Å². The Labute approximate surface area is 121 Å². The number of carbonyl (C=O) groups is 1. The molecule has 110 valence electrons. The molecule has 1 aliphatic rings. The molecule has 1 amide bonds. The monoisotopic (exact) mass is 296 g/mol. The van der Waals surface area contributed by atoms with Gasteiger partial charge in [-0.25, -0.2) is 0 Å². The van der Waals surface area contributed by atoms with Crippen molar-refractivity contribution in [1.82, 2.24) is 0 Å². The largest absolute Gasteiger partial charge is 0.381 e. The Kier molecular flexibility index (Phi) is 5.70. The van der Waals surface area contributed by atoms with Crippen LogP contribution in [0, 0.1) is 0 Å². The van der Waals surface area contributed by atoms with E-state index >= 15 is 0 Å². The molecular weight excluding hydrogens is 276 g/mol. The Morgan fingerprint density at radius 1 is 1.30 bits per heavy atom. The van der Waals surface area contributed by atoms with Crippen molar-refractivity contribution >= 4 is 22.4 Å². The summed E-state index contributed by atoms with van der Waals surface area (Å²) in [7, 11) is -1.13. The molecule has 1 fully saturated rings. The van der Waals surface area contributed by atoms with Crippen LogP contribution in [-0.4, -0.2) is 34.3 Å². The summed E-state index contributed by atoms with van der Waals surface area (Å²) in [4.78, 5) is 11.9. The van der Waals surface area contributed by atoms with Gasteiger partial charge in [-0.05, 0) is 30.5 Å². The molecule has 0 bridgehead atoms. The average molecular weight is 296 g/mol. The molecule has 0 saturated carbocycles. The van der Waals surface area contributed by atoms with E-state index in [4.69, 9.17) is 10.5 Å². The first-order chi connectivity index (χ1) is 9.69. The zero-order chi connectivity index (χ0) is 14.4. The highest BCUT2D eigenvalue weighted by Crippen LogP contribution is 2.14. The number of ether oxygens (including phenoxy) is 1. The summed E-state index contributed by atoms with van der Waals surface area (Å²) in [6, 6.07) is 7.34. The standard InChI is InChI=1S/C14H20N2O3S/c15-9-11-1-3-12(4-2-11)16-14(17)10-20(18)13-5-7-19-8-6-13/h1-4,13H,5-10,15H2,(H,16,17). The van der Waals surface area contributed by atoms with Crippen molar-refractivity contribution in [2.45, 2.75) is 24.6 Å². The number of rotatable bonds is 5. The zero-order valence-electron chi connectivity index (χ0n) is 11.3. The molecule has 1 heterocycles. The van der Waals surface area contributed by atoms with Gasteiger partial charge in [-0.15, -0.1) is 0 Å². The predicted molar refractivity (Wildman–Crippen MR) is 79.8 cm³/mol. The summed E-state index contributed by atoms with van der Waals surface area (Å²) in [5.74, 6) is -0.168. The molecule has 1 saturated heterocycles. The molecule has 1 aromatic rings. The van der Waals surface area contributed by atoms with Crippen LogP contribution < -0.4 is 11.1 Å². The fourth-order valence-corrected chi connectivity index (χ4v) is 3.39. The van der Waals surface area contributed by atoms with E-state index in [9.17, 15) is 9.00 Å². The second-order valence-electron chi connectivity index (χ2n) is 4.79. The van der Waals surface area contributed by atoms with E-state index < -0.39 is 10.8 Å². The lowest BCUT2D eigenvalue weighted by Crippen LogP contribution is -2.30. The van der Waals surface area contributed by atoms with E-state index in [0.29, 0.717) is 25.4 Å². The summed E-state index contributed by atoms with van der Waals surface area (Å²) in [6.45, 7) is 1.75. The van der Waals surface area contributed by atoms with Gasteiger partial charge in [-0.3, -0.25) is 9.00 Å². The summed E-state index contributed by atoms with van der Waals surface area (Å²) < 4.78 is 17.3. The van der Waals surface area contributed by atoms with Crippen LogP contribution in [0.15, 0.2) is 24.3 Å². The number of nitrogens with two attached hydrogens (primary N) is 1. The van der Waals surface area contributed by atoms with Gasteiger partial charge < -0.3 is 15.8 Å². The third-order valence-electron chi connectivity index (χ3n) is 3.29. The van der Waals surface area contributed by atoms with Gasteiger partial charge in [0.05, 0.1) is 0 Å². The van der Waals surface area contributed by atoms with Crippen molar-refractivity contribution in [2.75, 3.05) is 24.3 Å². The second-order valence-corrected chi connectivity index (χ2v) is 6.50.